The highest BCUT2D eigenvalue weighted by Crippen LogP contribution is 2.39. The summed E-state index contributed by atoms with van der Waals surface area (Å²) in [5.74, 6) is -0.0905. The molecule has 8 nitrogen and oxygen atoms in total. The third kappa shape index (κ3) is 5.30. The fourth-order valence-corrected chi connectivity index (χ4v) is 3.95. The summed E-state index contributed by atoms with van der Waals surface area (Å²) in [6, 6.07) is 8.01. The Bertz CT molecular complexity index is 1080. The predicted octanol–water partition coefficient (Wildman–Crippen LogP) is 3.17. The monoisotopic (exact) mass is 461 g/mol. The van der Waals surface area contributed by atoms with Crippen molar-refractivity contribution in [2.75, 3.05) is 26.3 Å². The van der Waals surface area contributed by atoms with E-state index in [1.165, 1.54) is 18.5 Å². The van der Waals surface area contributed by atoms with E-state index in [9.17, 15) is 18.0 Å². The number of halogens is 3. The number of nitrogens with one attached hydrogen (secondary N) is 1. The Morgan fingerprint density at radius 2 is 1.91 bits per heavy atom. The van der Waals surface area contributed by atoms with E-state index in [0.717, 1.165) is 11.3 Å². The van der Waals surface area contributed by atoms with E-state index in [1.54, 1.807) is 29.3 Å². The normalized spacial score (nSPS) is 15.0. The Hall–Kier alpha value is -3.47. The maximum atomic E-state index is 12.4. The molecule has 3 aromatic rings. The summed E-state index contributed by atoms with van der Waals surface area (Å²) in [6.07, 6.45) is 0.0324. The molecule has 1 saturated heterocycles. The van der Waals surface area contributed by atoms with Crippen molar-refractivity contribution in [2.45, 2.75) is 24.9 Å². The molecule has 0 atom stereocenters. The van der Waals surface area contributed by atoms with E-state index in [-0.39, 0.29) is 17.6 Å². The highest BCUT2D eigenvalue weighted by Gasteiger charge is 2.30. The van der Waals surface area contributed by atoms with E-state index in [1.807, 2.05) is 0 Å². The summed E-state index contributed by atoms with van der Waals surface area (Å²) in [4.78, 5) is 21.8. The number of H-pyrrole nitrogens is 1. The van der Waals surface area contributed by atoms with Crippen molar-refractivity contribution in [1.82, 2.24) is 25.1 Å². The number of aliphatic hydroxyl groups excluding tert-OH is 1. The van der Waals surface area contributed by atoms with E-state index < -0.39 is 19.4 Å². The third-order valence-corrected chi connectivity index (χ3v) is 5.55. The van der Waals surface area contributed by atoms with Gasteiger partial charge in [-0.05, 0) is 43.2 Å². The molecule has 11 heteroatoms. The van der Waals surface area contributed by atoms with Gasteiger partial charge >= 0.3 is 6.18 Å². The van der Waals surface area contributed by atoms with Gasteiger partial charge in [-0.1, -0.05) is 0 Å². The molecule has 1 aliphatic rings. The van der Waals surface area contributed by atoms with Crippen LogP contribution in [0.4, 0.5) is 13.2 Å². The molecule has 33 heavy (non-hydrogen) atoms. The summed E-state index contributed by atoms with van der Waals surface area (Å²) >= 11 is 0. The van der Waals surface area contributed by atoms with Gasteiger partial charge in [0.05, 0.1) is 5.69 Å². The molecule has 1 amide bonds. The topological polar surface area (TPSA) is 104 Å². The van der Waals surface area contributed by atoms with Crippen molar-refractivity contribution < 1.29 is 27.8 Å². The van der Waals surface area contributed by atoms with Crippen molar-refractivity contribution in [3.05, 3.63) is 48.5 Å². The zero-order valence-electron chi connectivity index (χ0n) is 17.5. The minimum absolute atomic E-state index is 0.0911. The first kappa shape index (κ1) is 22.7. The number of amides is 1. The second-order valence-electron chi connectivity index (χ2n) is 7.70. The number of alkyl halides is 3. The molecule has 1 aromatic carbocycles. The highest BCUT2D eigenvalue weighted by atomic mass is 19.4. The number of rotatable bonds is 6. The largest absolute Gasteiger partial charge is 0.484 e. The van der Waals surface area contributed by atoms with Gasteiger partial charge in [-0.15, -0.1) is 0 Å². The highest BCUT2D eigenvalue weighted by molar-refractivity contribution is 5.81. The number of piperidine rings is 1. The molecule has 174 valence electrons. The number of carbonyl (C=O) groups is 1. The van der Waals surface area contributed by atoms with Crippen molar-refractivity contribution in [3.63, 3.8) is 0 Å². The number of ether oxygens (including phenoxy) is 1. The molecule has 0 saturated carbocycles. The minimum atomic E-state index is -4.41. The summed E-state index contributed by atoms with van der Waals surface area (Å²) in [7, 11) is 0. The first-order valence-corrected chi connectivity index (χ1v) is 10.4. The van der Waals surface area contributed by atoms with Gasteiger partial charge in [0.15, 0.2) is 6.61 Å². The van der Waals surface area contributed by atoms with Gasteiger partial charge in [0.2, 0.25) is 5.91 Å². The molecular weight excluding hydrogens is 439 g/mol. The molecule has 0 bridgehead atoms. The van der Waals surface area contributed by atoms with E-state index in [2.05, 4.69) is 20.2 Å². The van der Waals surface area contributed by atoms with Gasteiger partial charge in [-0.2, -0.15) is 18.3 Å². The quantitative estimate of drug-likeness (QED) is 0.585. The van der Waals surface area contributed by atoms with E-state index in [0.29, 0.717) is 42.9 Å². The lowest BCUT2D eigenvalue weighted by Gasteiger charge is -2.31. The summed E-state index contributed by atoms with van der Waals surface area (Å²) in [5, 5.41) is 16.7. The second-order valence-corrected chi connectivity index (χ2v) is 7.70. The van der Waals surface area contributed by atoms with Crippen LogP contribution in [-0.4, -0.2) is 68.6 Å². The number of hydrogen-bond acceptors (Lipinski definition) is 6. The number of aromatic nitrogens is 4. The molecule has 2 aromatic heterocycles. The Balaban J connectivity index is 1.62. The van der Waals surface area contributed by atoms with Crippen molar-refractivity contribution in [2.24, 2.45) is 0 Å². The second kappa shape index (κ2) is 9.57. The van der Waals surface area contributed by atoms with Crippen molar-refractivity contribution in [1.29, 1.82) is 0 Å². The Morgan fingerprint density at radius 1 is 1.18 bits per heavy atom. The van der Waals surface area contributed by atoms with Crippen LogP contribution in [0.5, 0.6) is 5.75 Å². The fourth-order valence-electron chi connectivity index (χ4n) is 3.95. The summed E-state index contributed by atoms with van der Waals surface area (Å²) < 4.78 is 42.0. The zero-order chi connectivity index (χ0) is 23.4. The molecule has 2 N–H and O–H groups in total. The standard InChI is InChI=1S/C22H22F3N5O3/c23-22(24,25)12-33-16-3-1-14(2-4-16)20-19(17-5-8-26-13-27-17)21(29-28-20)15-6-9-30(10-7-15)18(32)11-31/h1-5,8,13,15,31H,6-7,9-12H2,(H,28,29). The number of benzene rings is 1. The lowest BCUT2D eigenvalue weighted by molar-refractivity contribution is -0.153. The lowest BCUT2D eigenvalue weighted by atomic mass is 9.89. The van der Waals surface area contributed by atoms with Crippen LogP contribution in [0, 0.1) is 0 Å². The smallest absolute Gasteiger partial charge is 0.422 e. The Morgan fingerprint density at radius 3 is 2.52 bits per heavy atom. The predicted molar refractivity (Wildman–Crippen MR) is 112 cm³/mol. The molecule has 4 rings (SSSR count). The Labute approximate surface area is 187 Å². The van der Waals surface area contributed by atoms with Gasteiger partial charge in [0.1, 0.15) is 24.4 Å². The molecule has 0 unspecified atom stereocenters. The minimum Gasteiger partial charge on any atom is -0.484 e. The van der Waals surface area contributed by atoms with Crippen LogP contribution in [0.25, 0.3) is 22.5 Å². The first-order valence-electron chi connectivity index (χ1n) is 10.4. The number of nitrogens with zero attached hydrogens (tertiary/aromatic N) is 4. The molecule has 1 fully saturated rings. The van der Waals surface area contributed by atoms with E-state index in [4.69, 9.17) is 9.84 Å². The molecule has 1 aliphatic heterocycles. The molecule has 0 spiro atoms. The fraction of sp³-hybridized carbons (Fsp3) is 0.364. The molecular formula is C22H22F3N5O3. The number of hydrogen-bond donors (Lipinski definition) is 2. The number of aliphatic hydroxyl groups is 1. The number of likely N-dealkylation sites (tertiary alicyclic amines) is 1. The van der Waals surface area contributed by atoms with E-state index >= 15 is 0 Å². The van der Waals surface area contributed by atoms with Crippen LogP contribution in [0.2, 0.25) is 0 Å². The maximum absolute atomic E-state index is 12.4. The summed E-state index contributed by atoms with van der Waals surface area (Å²) in [5.41, 5.74) is 3.62. The third-order valence-electron chi connectivity index (χ3n) is 5.55. The van der Waals surface area contributed by atoms with Gasteiger partial charge in [-0.3, -0.25) is 9.89 Å². The van der Waals surface area contributed by atoms with Crippen LogP contribution >= 0.6 is 0 Å². The zero-order valence-corrected chi connectivity index (χ0v) is 17.5. The number of carbonyl (C=O) groups excluding carboxylic acids is 1. The van der Waals surface area contributed by atoms with Crippen LogP contribution in [-0.2, 0) is 4.79 Å². The van der Waals surface area contributed by atoms with Gasteiger partial charge in [0.25, 0.3) is 0 Å². The molecule has 0 aliphatic carbocycles. The van der Waals surface area contributed by atoms with Gasteiger partial charge in [-0.25, -0.2) is 9.97 Å². The Kier molecular flexibility index (Phi) is 6.59. The van der Waals surface area contributed by atoms with Crippen LogP contribution in [0.1, 0.15) is 24.5 Å². The number of aromatic amines is 1. The average molecular weight is 461 g/mol. The summed E-state index contributed by atoms with van der Waals surface area (Å²) in [6.45, 7) is -0.823. The van der Waals surface area contributed by atoms with Crippen molar-refractivity contribution >= 4 is 5.91 Å². The molecule has 3 heterocycles. The van der Waals surface area contributed by atoms with Crippen LogP contribution in [0.15, 0.2) is 42.9 Å². The van der Waals surface area contributed by atoms with Crippen LogP contribution in [0.3, 0.4) is 0 Å². The lowest BCUT2D eigenvalue weighted by Crippen LogP contribution is -2.39. The average Bonchev–Trinajstić information content (AvgIpc) is 3.28. The van der Waals surface area contributed by atoms with Crippen molar-refractivity contribution in [3.8, 4) is 28.3 Å². The van der Waals surface area contributed by atoms with Crippen LogP contribution < -0.4 is 4.74 Å². The first-order chi connectivity index (χ1) is 15.9. The van der Waals surface area contributed by atoms with Gasteiger partial charge in [0, 0.05) is 42.0 Å². The SMILES string of the molecule is O=C(CO)N1CCC(c2[nH]nc(-c3ccc(OCC(F)(F)F)cc3)c2-c2ccncn2)CC1. The van der Waals surface area contributed by atoms with Gasteiger partial charge < -0.3 is 14.7 Å². The molecule has 0 radical (unpaired) electrons. The maximum Gasteiger partial charge on any atom is 0.422 e.